The highest BCUT2D eigenvalue weighted by molar-refractivity contribution is 5.89. The highest BCUT2D eigenvalue weighted by atomic mass is 16.2. The fraction of sp³-hybridized carbons (Fsp3) is 0.316. The number of hydrogen-bond donors (Lipinski definition) is 2. The van der Waals surface area contributed by atoms with Crippen LogP contribution in [0.3, 0.4) is 0 Å². The molecule has 0 aromatic heterocycles. The third-order valence-corrected chi connectivity index (χ3v) is 4.24. The van der Waals surface area contributed by atoms with Gasteiger partial charge in [0.25, 0.3) is 0 Å². The molecule has 1 heterocycles. The Morgan fingerprint density at radius 3 is 2.78 bits per heavy atom. The molecule has 0 aliphatic carbocycles. The van der Waals surface area contributed by atoms with Crippen molar-refractivity contribution in [3.05, 3.63) is 60.2 Å². The zero-order chi connectivity index (χ0) is 16.1. The molecule has 0 saturated carbocycles. The Bertz CT molecular complexity index is 657. The molecule has 1 saturated heterocycles. The van der Waals surface area contributed by atoms with Crippen molar-refractivity contribution < 1.29 is 4.79 Å². The third-order valence-electron chi connectivity index (χ3n) is 4.24. The molecular formula is C19H23N3O. The molecule has 1 fully saturated rings. The Balaban J connectivity index is 1.54. The van der Waals surface area contributed by atoms with Crippen molar-refractivity contribution in [3.63, 3.8) is 0 Å². The maximum absolute atomic E-state index is 12.1. The maximum Gasteiger partial charge on any atom is 0.319 e. The Labute approximate surface area is 137 Å². The molecule has 120 valence electrons. The normalized spacial score (nSPS) is 17.1. The summed E-state index contributed by atoms with van der Waals surface area (Å²) in [5, 5.41) is 5.89. The number of amides is 2. The van der Waals surface area contributed by atoms with Crippen LogP contribution in [0.2, 0.25) is 0 Å². The number of carbonyl (C=O) groups excluding carboxylic acids is 1. The smallest absolute Gasteiger partial charge is 0.319 e. The number of hydrogen-bond acceptors (Lipinski definition) is 2. The Morgan fingerprint density at radius 2 is 2.00 bits per heavy atom. The van der Waals surface area contributed by atoms with Crippen LogP contribution in [0.15, 0.2) is 54.6 Å². The summed E-state index contributed by atoms with van der Waals surface area (Å²) < 4.78 is 0. The van der Waals surface area contributed by atoms with Gasteiger partial charge in [-0.15, -0.1) is 0 Å². The summed E-state index contributed by atoms with van der Waals surface area (Å²) in [6.07, 6.45) is 2.28. The van der Waals surface area contributed by atoms with E-state index in [1.54, 1.807) is 0 Å². The molecule has 0 radical (unpaired) electrons. The lowest BCUT2D eigenvalue weighted by molar-refractivity contribution is 0.251. The first-order valence-corrected chi connectivity index (χ1v) is 8.15. The molecule has 2 aromatic rings. The van der Waals surface area contributed by atoms with Crippen molar-refractivity contribution in [2.45, 2.75) is 25.8 Å². The number of urea groups is 1. The second-order valence-electron chi connectivity index (χ2n) is 6.03. The predicted molar refractivity (Wildman–Crippen MR) is 95.0 cm³/mol. The second-order valence-corrected chi connectivity index (χ2v) is 6.03. The molecule has 4 nitrogen and oxygen atoms in total. The molecule has 0 spiro atoms. The molecule has 1 aliphatic heterocycles. The topological polar surface area (TPSA) is 44.4 Å². The van der Waals surface area contributed by atoms with Gasteiger partial charge in [-0.05, 0) is 49.6 Å². The largest absolute Gasteiger partial charge is 0.367 e. The van der Waals surface area contributed by atoms with Crippen LogP contribution >= 0.6 is 0 Å². The molecule has 3 rings (SSSR count). The van der Waals surface area contributed by atoms with Gasteiger partial charge in [0.1, 0.15) is 0 Å². The predicted octanol–water partition coefficient (Wildman–Crippen LogP) is 3.79. The van der Waals surface area contributed by atoms with Crippen molar-refractivity contribution in [2.75, 3.05) is 23.3 Å². The van der Waals surface area contributed by atoms with Gasteiger partial charge < -0.3 is 15.5 Å². The van der Waals surface area contributed by atoms with E-state index >= 15 is 0 Å². The molecule has 4 heteroatoms. The lowest BCUT2D eigenvalue weighted by Crippen LogP contribution is -2.41. The van der Waals surface area contributed by atoms with Crippen LogP contribution in [0.25, 0.3) is 0 Å². The van der Waals surface area contributed by atoms with Gasteiger partial charge in [0.2, 0.25) is 0 Å². The SMILES string of the molecule is Cc1cccc(NC(=O)NC[C@@H]2CCCN2c2ccccc2)c1. The number of nitrogens with one attached hydrogen (secondary N) is 2. The minimum atomic E-state index is -0.143. The monoisotopic (exact) mass is 309 g/mol. The summed E-state index contributed by atoms with van der Waals surface area (Å²) in [5.41, 5.74) is 3.19. The average molecular weight is 309 g/mol. The van der Waals surface area contributed by atoms with E-state index in [9.17, 15) is 4.79 Å². The van der Waals surface area contributed by atoms with E-state index in [4.69, 9.17) is 0 Å². The molecule has 23 heavy (non-hydrogen) atoms. The Morgan fingerprint density at radius 1 is 1.17 bits per heavy atom. The highest BCUT2D eigenvalue weighted by Crippen LogP contribution is 2.24. The van der Waals surface area contributed by atoms with Crippen molar-refractivity contribution in [1.29, 1.82) is 0 Å². The summed E-state index contributed by atoms with van der Waals surface area (Å²) in [6.45, 7) is 3.72. The van der Waals surface area contributed by atoms with Gasteiger partial charge in [-0.3, -0.25) is 0 Å². The standard InChI is InChI=1S/C19H23N3O/c1-15-7-5-8-16(13-15)21-19(23)20-14-18-11-6-12-22(18)17-9-3-2-4-10-17/h2-5,7-10,13,18H,6,11-12,14H2,1H3,(H2,20,21,23)/t18-/m0/s1. The summed E-state index contributed by atoms with van der Waals surface area (Å²) in [7, 11) is 0. The minimum absolute atomic E-state index is 0.143. The van der Waals surface area contributed by atoms with Crippen LogP contribution in [0.4, 0.5) is 16.2 Å². The van der Waals surface area contributed by atoms with Crippen molar-refractivity contribution in [2.24, 2.45) is 0 Å². The van der Waals surface area contributed by atoms with E-state index in [1.807, 2.05) is 37.3 Å². The lowest BCUT2D eigenvalue weighted by atomic mass is 10.2. The molecule has 1 aliphatic rings. The van der Waals surface area contributed by atoms with Gasteiger partial charge >= 0.3 is 6.03 Å². The van der Waals surface area contributed by atoms with Crippen LogP contribution in [0, 0.1) is 6.92 Å². The van der Waals surface area contributed by atoms with E-state index in [2.05, 4.69) is 39.8 Å². The molecule has 1 atom stereocenters. The summed E-state index contributed by atoms with van der Waals surface area (Å²) in [5.74, 6) is 0. The van der Waals surface area contributed by atoms with Crippen molar-refractivity contribution >= 4 is 17.4 Å². The van der Waals surface area contributed by atoms with Gasteiger partial charge in [-0.1, -0.05) is 30.3 Å². The molecular weight excluding hydrogens is 286 g/mol. The number of carbonyl (C=O) groups is 1. The summed E-state index contributed by atoms with van der Waals surface area (Å²) in [4.78, 5) is 14.5. The number of aryl methyl sites for hydroxylation is 1. The first-order chi connectivity index (χ1) is 11.2. The van der Waals surface area contributed by atoms with Crippen molar-refractivity contribution in [3.8, 4) is 0 Å². The van der Waals surface area contributed by atoms with E-state index in [-0.39, 0.29) is 6.03 Å². The first kappa shape index (κ1) is 15.4. The van der Waals surface area contributed by atoms with Gasteiger partial charge in [-0.25, -0.2) is 4.79 Å². The molecule has 2 amide bonds. The van der Waals surface area contributed by atoms with Crippen LogP contribution in [-0.4, -0.2) is 25.2 Å². The van der Waals surface area contributed by atoms with Crippen LogP contribution in [-0.2, 0) is 0 Å². The second kappa shape index (κ2) is 7.18. The molecule has 2 aromatic carbocycles. The number of nitrogens with zero attached hydrogens (tertiary/aromatic N) is 1. The summed E-state index contributed by atoms with van der Waals surface area (Å²) >= 11 is 0. The lowest BCUT2D eigenvalue weighted by Gasteiger charge is -2.27. The zero-order valence-corrected chi connectivity index (χ0v) is 13.5. The molecule has 2 N–H and O–H groups in total. The van der Waals surface area contributed by atoms with E-state index in [0.717, 1.165) is 24.2 Å². The fourth-order valence-electron chi connectivity index (χ4n) is 3.12. The zero-order valence-electron chi connectivity index (χ0n) is 13.5. The number of para-hydroxylation sites is 1. The van der Waals surface area contributed by atoms with Gasteiger partial charge in [0, 0.05) is 30.5 Å². The third kappa shape index (κ3) is 4.03. The fourth-order valence-corrected chi connectivity index (χ4v) is 3.12. The minimum Gasteiger partial charge on any atom is -0.367 e. The maximum atomic E-state index is 12.1. The number of anilines is 2. The van der Waals surface area contributed by atoms with Crippen LogP contribution < -0.4 is 15.5 Å². The van der Waals surface area contributed by atoms with E-state index in [1.165, 1.54) is 12.1 Å². The van der Waals surface area contributed by atoms with Crippen LogP contribution in [0.1, 0.15) is 18.4 Å². The molecule has 0 bridgehead atoms. The highest BCUT2D eigenvalue weighted by Gasteiger charge is 2.24. The quantitative estimate of drug-likeness (QED) is 0.902. The molecule has 0 unspecified atom stereocenters. The van der Waals surface area contributed by atoms with Crippen LogP contribution in [0.5, 0.6) is 0 Å². The van der Waals surface area contributed by atoms with Gasteiger partial charge in [-0.2, -0.15) is 0 Å². The number of rotatable bonds is 4. The summed E-state index contributed by atoms with van der Waals surface area (Å²) in [6, 6.07) is 18.4. The van der Waals surface area contributed by atoms with E-state index in [0.29, 0.717) is 12.6 Å². The van der Waals surface area contributed by atoms with Crippen molar-refractivity contribution in [1.82, 2.24) is 5.32 Å². The van der Waals surface area contributed by atoms with Gasteiger partial charge in [0.15, 0.2) is 0 Å². The average Bonchev–Trinajstić information content (AvgIpc) is 3.02. The Kier molecular flexibility index (Phi) is 4.81. The van der Waals surface area contributed by atoms with E-state index < -0.39 is 0 Å². The van der Waals surface area contributed by atoms with Gasteiger partial charge in [0.05, 0.1) is 0 Å². The Hall–Kier alpha value is -2.49. The number of benzene rings is 2. The first-order valence-electron chi connectivity index (χ1n) is 8.15.